The Balaban J connectivity index is 3.64. The first-order valence-corrected chi connectivity index (χ1v) is 5.02. The smallest absolute Gasteiger partial charge is 0.0354 e. The molecule has 0 nitrogen and oxygen atoms in total. The van der Waals surface area contributed by atoms with E-state index in [1.54, 1.807) is 0 Å². The Labute approximate surface area is 72.4 Å². The molecule has 0 spiro atoms. The van der Waals surface area contributed by atoms with Crippen molar-refractivity contribution in [1.82, 2.24) is 0 Å². The predicted molar refractivity (Wildman–Crippen MR) is 52.8 cm³/mol. The molecule has 0 N–H and O–H groups in total. The van der Waals surface area contributed by atoms with Gasteiger partial charge in [-0.1, -0.05) is 53.9 Å². The van der Waals surface area contributed by atoms with Gasteiger partial charge in [-0.05, 0) is 17.8 Å². The van der Waals surface area contributed by atoms with Gasteiger partial charge >= 0.3 is 0 Å². The van der Waals surface area contributed by atoms with Crippen LogP contribution in [0.3, 0.4) is 0 Å². The molecule has 0 amide bonds. The first kappa shape index (κ1) is 11.0. The first-order chi connectivity index (χ1) is 5.02. The maximum atomic E-state index is 2.38. The van der Waals surface area contributed by atoms with Gasteiger partial charge in [0.25, 0.3) is 0 Å². The fraction of sp³-hybridized carbons (Fsp3) is 1.00. The highest BCUT2D eigenvalue weighted by molar-refractivity contribution is 4.69. The van der Waals surface area contributed by atoms with Crippen LogP contribution < -0.4 is 0 Å². The van der Waals surface area contributed by atoms with Crippen LogP contribution in [-0.2, 0) is 0 Å². The molecular formula is C11H24. The van der Waals surface area contributed by atoms with E-state index < -0.39 is 0 Å². The molecule has 0 saturated carbocycles. The van der Waals surface area contributed by atoms with Gasteiger partial charge in [-0.15, -0.1) is 0 Å². The van der Waals surface area contributed by atoms with Crippen molar-refractivity contribution in [2.45, 2.75) is 60.3 Å². The van der Waals surface area contributed by atoms with E-state index in [1.807, 2.05) is 0 Å². The van der Waals surface area contributed by atoms with Gasteiger partial charge in [-0.25, -0.2) is 0 Å². The Morgan fingerprint density at radius 2 is 1.73 bits per heavy atom. The lowest BCUT2D eigenvalue weighted by Gasteiger charge is -2.26. The Morgan fingerprint density at radius 3 is 2.09 bits per heavy atom. The molecule has 0 aromatic heterocycles. The van der Waals surface area contributed by atoms with Crippen molar-refractivity contribution in [3.63, 3.8) is 0 Å². The third-order valence-corrected chi connectivity index (χ3v) is 2.64. The third kappa shape index (κ3) is 5.29. The Bertz CT molecular complexity index is 92.2. The highest BCUT2D eigenvalue weighted by Crippen LogP contribution is 2.30. The molecule has 0 bridgehead atoms. The lowest BCUT2D eigenvalue weighted by molar-refractivity contribution is 0.258. The summed E-state index contributed by atoms with van der Waals surface area (Å²) >= 11 is 0. The Kier molecular flexibility index (Phi) is 4.79. The molecule has 68 valence electrons. The van der Waals surface area contributed by atoms with Crippen molar-refractivity contribution in [2.75, 3.05) is 0 Å². The van der Waals surface area contributed by atoms with E-state index >= 15 is 0 Å². The largest absolute Gasteiger partial charge is 0.0654 e. The summed E-state index contributed by atoms with van der Waals surface area (Å²) in [6.45, 7) is 11.7. The van der Waals surface area contributed by atoms with Crippen LogP contribution in [0.1, 0.15) is 60.3 Å². The normalized spacial score (nSPS) is 15.0. The molecule has 0 rings (SSSR count). The van der Waals surface area contributed by atoms with Crippen molar-refractivity contribution >= 4 is 0 Å². The maximum Gasteiger partial charge on any atom is -0.0354 e. The van der Waals surface area contributed by atoms with Crippen LogP contribution in [0.2, 0.25) is 0 Å². The average molecular weight is 156 g/mol. The predicted octanol–water partition coefficient (Wildman–Crippen LogP) is 4.25. The van der Waals surface area contributed by atoms with Crippen molar-refractivity contribution < 1.29 is 0 Å². The molecule has 0 aromatic rings. The molecule has 0 unspecified atom stereocenters. The fourth-order valence-electron chi connectivity index (χ4n) is 1.68. The summed E-state index contributed by atoms with van der Waals surface area (Å²) in [5.74, 6) is 0.912. The SMILES string of the molecule is CCC[C@@H](C)CC(C)(C)CC. The molecular weight excluding hydrogens is 132 g/mol. The molecule has 0 aliphatic heterocycles. The van der Waals surface area contributed by atoms with Gasteiger partial charge in [0, 0.05) is 0 Å². The van der Waals surface area contributed by atoms with Crippen LogP contribution in [0.15, 0.2) is 0 Å². The maximum absolute atomic E-state index is 2.38. The number of rotatable bonds is 5. The van der Waals surface area contributed by atoms with Crippen LogP contribution in [0.4, 0.5) is 0 Å². The van der Waals surface area contributed by atoms with Gasteiger partial charge in [0.2, 0.25) is 0 Å². The van der Waals surface area contributed by atoms with Crippen molar-refractivity contribution in [3.05, 3.63) is 0 Å². The summed E-state index contributed by atoms with van der Waals surface area (Å²) in [6.07, 6.45) is 5.42. The second kappa shape index (κ2) is 4.79. The highest BCUT2D eigenvalue weighted by atomic mass is 14.2. The standard InChI is InChI=1S/C11H24/c1-6-8-10(3)9-11(4,5)7-2/h10H,6-9H2,1-5H3/t10-/m1/s1. The van der Waals surface area contributed by atoms with Crippen molar-refractivity contribution in [2.24, 2.45) is 11.3 Å². The molecule has 0 heteroatoms. The zero-order chi connectivity index (χ0) is 8.91. The lowest BCUT2D eigenvalue weighted by atomic mass is 9.80. The number of hydrogen-bond acceptors (Lipinski definition) is 0. The Morgan fingerprint density at radius 1 is 1.18 bits per heavy atom. The van der Waals surface area contributed by atoms with Gasteiger partial charge in [-0.2, -0.15) is 0 Å². The summed E-state index contributed by atoms with van der Waals surface area (Å²) < 4.78 is 0. The monoisotopic (exact) mass is 156 g/mol. The minimum atomic E-state index is 0.564. The van der Waals surface area contributed by atoms with Crippen LogP contribution >= 0.6 is 0 Å². The van der Waals surface area contributed by atoms with Crippen LogP contribution in [-0.4, -0.2) is 0 Å². The van der Waals surface area contributed by atoms with Crippen LogP contribution in [0.25, 0.3) is 0 Å². The average Bonchev–Trinajstić information content (AvgIpc) is 1.87. The second-order valence-electron chi connectivity index (χ2n) is 4.62. The molecule has 0 saturated heterocycles. The van der Waals surface area contributed by atoms with E-state index in [9.17, 15) is 0 Å². The van der Waals surface area contributed by atoms with E-state index in [0.29, 0.717) is 5.41 Å². The van der Waals surface area contributed by atoms with E-state index in [4.69, 9.17) is 0 Å². The van der Waals surface area contributed by atoms with Crippen molar-refractivity contribution in [1.29, 1.82) is 0 Å². The van der Waals surface area contributed by atoms with E-state index in [1.165, 1.54) is 25.7 Å². The molecule has 0 heterocycles. The Hall–Kier alpha value is 0. The summed E-state index contributed by atoms with van der Waals surface area (Å²) in [7, 11) is 0. The van der Waals surface area contributed by atoms with Gasteiger partial charge in [0.1, 0.15) is 0 Å². The van der Waals surface area contributed by atoms with Crippen LogP contribution in [0.5, 0.6) is 0 Å². The van der Waals surface area contributed by atoms with Gasteiger partial charge in [0.05, 0.1) is 0 Å². The summed E-state index contributed by atoms with van der Waals surface area (Å²) in [5.41, 5.74) is 0.564. The minimum Gasteiger partial charge on any atom is -0.0654 e. The third-order valence-electron chi connectivity index (χ3n) is 2.64. The minimum absolute atomic E-state index is 0.564. The van der Waals surface area contributed by atoms with E-state index in [-0.39, 0.29) is 0 Å². The van der Waals surface area contributed by atoms with E-state index in [0.717, 1.165) is 5.92 Å². The first-order valence-electron chi connectivity index (χ1n) is 5.02. The van der Waals surface area contributed by atoms with Crippen LogP contribution in [0, 0.1) is 11.3 Å². The quantitative estimate of drug-likeness (QED) is 0.558. The molecule has 0 aliphatic rings. The molecule has 0 radical (unpaired) electrons. The summed E-state index contributed by atoms with van der Waals surface area (Å²) in [6, 6.07) is 0. The van der Waals surface area contributed by atoms with Gasteiger partial charge in [-0.3, -0.25) is 0 Å². The highest BCUT2D eigenvalue weighted by Gasteiger charge is 2.17. The molecule has 0 aliphatic carbocycles. The zero-order valence-corrected chi connectivity index (χ0v) is 8.91. The van der Waals surface area contributed by atoms with Gasteiger partial charge in [0.15, 0.2) is 0 Å². The van der Waals surface area contributed by atoms with E-state index in [2.05, 4.69) is 34.6 Å². The second-order valence-corrected chi connectivity index (χ2v) is 4.62. The summed E-state index contributed by atoms with van der Waals surface area (Å²) in [4.78, 5) is 0. The molecule has 0 aromatic carbocycles. The van der Waals surface area contributed by atoms with Gasteiger partial charge < -0.3 is 0 Å². The molecule has 1 atom stereocenters. The lowest BCUT2D eigenvalue weighted by Crippen LogP contribution is -2.14. The molecule has 11 heavy (non-hydrogen) atoms. The number of hydrogen-bond donors (Lipinski definition) is 0. The fourth-order valence-corrected chi connectivity index (χ4v) is 1.68. The molecule has 0 fully saturated rings. The zero-order valence-electron chi connectivity index (χ0n) is 8.91. The topological polar surface area (TPSA) is 0 Å². The van der Waals surface area contributed by atoms with Crippen molar-refractivity contribution in [3.8, 4) is 0 Å². The summed E-state index contributed by atoms with van der Waals surface area (Å²) in [5, 5.41) is 0.